The Morgan fingerprint density at radius 1 is 1.19 bits per heavy atom. The SMILES string of the molecule is CCN(CC(C)(F)F)C(=O)C(C)Oc1ccc2c(-c3ccccc3C)cnc(Cl)c2c1. The van der Waals surface area contributed by atoms with Crippen molar-refractivity contribution >= 4 is 28.3 Å². The number of alkyl halides is 2. The van der Waals surface area contributed by atoms with Crippen LogP contribution in [0.2, 0.25) is 5.15 Å². The first kappa shape index (κ1) is 22.9. The summed E-state index contributed by atoms with van der Waals surface area (Å²) in [6.07, 6.45) is 0.815. The van der Waals surface area contributed by atoms with E-state index in [0.29, 0.717) is 16.3 Å². The Balaban J connectivity index is 1.90. The molecule has 0 saturated heterocycles. The molecule has 0 saturated carbocycles. The van der Waals surface area contributed by atoms with Crippen LogP contribution in [0.15, 0.2) is 48.7 Å². The number of aryl methyl sites for hydroxylation is 1. The summed E-state index contributed by atoms with van der Waals surface area (Å²) in [6.45, 7) is 5.54. The molecule has 4 nitrogen and oxygen atoms in total. The molecule has 0 aliphatic rings. The zero-order valence-electron chi connectivity index (χ0n) is 18.0. The molecule has 1 amide bonds. The number of rotatable bonds is 7. The molecule has 164 valence electrons. The van der Waals surface area contributed by atoms with Crippen LogP contribution >= 0.6 is 11.6 Å². The van der Waals surface area contributed by atoms with Gasteiger partial charge in [-0.05, 0) is 55.5 Å². The zero-order valence-corrected chi connectivity index (χ0v) is 18.7. The van der Waals surface area contributed by atoms with Gasteiger partial charge < -0.3 is 9.64 Å². The fraction of sp³-hybridized carbons (Fsp3) is 0.333. The molecule has 3 rings (SSSR count). The molecule has 1 atom stereocenters. The second-order valence-electron chi connectivity index (χ2n) is 7.67. The number of halogens is 3. The fourth-order valence-corrected chi connectivity index (χ4v) is 3.75. The third-order valence-corrected chi connectivity index (χ3v) is 5.37. The third kappa shape index (κ3) is 5.31. The van der Waals surface area contributed by atoms with Crippen LogP contribution in [0.5, 0.6) is 5.75 Å². The van der Waals surface area contributed by atoms with E-state index in [1.807, 2.05) is 37.3 Å². The van der Waals surface area contributed by atoms with Crippen LogP contribution in [0.4, 0.5) is 8.78 Å². The van der Waals surface area contributed by atoms with Gasteiger partial charge in [0.25, 0.3) is 11.8 Å². The van der Waals surface area contributed by atoms with Crippen molar-refractivity contribution in [2.24, 2.45) is 0 Å². The predicted molar refractivity (Wildman–Crippen MR) is 120 cm³/mol. The minimum Gasteiger partial charge on any atom is -0.481 e. The minimum atomic E-state index is -2.97. The van der Waals surface area contributed by atoms with Crippen molar-refractivity contribution in [3.05, 3.63) is 59.4 Å². The molecule has 2 aromatic carbocycles. The Bertz CT molecular complexity index is 1100. The number of amides is 1. The third-order valence-electron chi connectivity index (χ3n) is 5.07. The second-order valence-corrected chi connectivity index (χ2v) is 8.03. The number of likely N-dealkylation sites (N-methyl/N-ethyl adjacent to an activating group) is 1. The molecule has 0 aliphatic carbocycles. The fourth-order valence-electron chi connectivity index (χ4n) is 3.54. The summed E-state index contributed by atoms with van der Waals surface area (Å²) in [5.41, 5.74) is 3.10. The first-order valence-electron chi connectivity index (χ1n) is 10.1. The summed E-state index contributed by atoms with van der Waals surface area (Å²) in [6, 6.07) is 13.3. The van der Waals surface area contributed by atoms with E-state index in [2.05, 4.69) is 4.98 Å². The molecule has 0 spiro atoms. The lowest BCUT2D eigenvalue weighted by atomic mass is 9.97. The van der Waals surface area contributed by atoms with Crippen molar-refractivity contribution in [1.29, 1.82) is 0 Å². The van der Waals surface area contributed by atoms with Crippen LogP contribution in [-0.4, -0.2) is 40.9 Å². The van der Waals surface area contributed by atoms with Gasteiger partial charge in [0.05, 0.1) is 6.54 Å². The van der Waals surface area contributed by atoms with Crippen molar-refractivity contribution < 1.29 is 18.3 Å². The lowest BCUT2D eigenvalue weighted by Crippen LogP contribution is -2.45. The van der Waals surface area contributed by atoms with Crippen molar-refractivity contribution in [2.45, 2.75) is 39.7 Å². The van der Waals surface area contributed by atoms with E-state index < -0.39 is 24.5 Å². The summed E-state index contributed by atoms with van der Waals surface area (Å²) < 4.78 is 32.5. The highest BCUT2D eigenvalue weighted by Gasteiger charge is 2.30. The van der Waals surface area contributed by atoms with E-state index in [1.54, 1.807) is 32.2 Å². The molecule has 31 heavy (non-hydrogen) atoms. The number of pyridine rings is 1. The summed E-state index contributed by atoms with van der Waals surface area (Å²) in [7, 11) is 0. The van der Waals surface area contributed by atoms with E-state index in [9.17, 15) is 13.6 Å². The van der Waals surface area contributed by atoms with Crippen molar-refractivity contribution in [1.82, 2.24) is 9.88 Å². The zero-order chi connectivity index (χ0) is 22.8. The van der Waals surface area contributed by atoms with Gasteiger partial charge in [-0.15, -0.1) is 0 Å². The number of nitrogens with zero attached hydrogens (tertiary/aromatic N) is 2. The summed E-state index contributed by atoms with van der Waals surface area (Å²) in [5.74, 6) is -3.06. The first-order valence-corrected chi connectivity index (χ1v) is 10.5. The van der Waals surface area contributed by atoms with Crippen LogP contribution in [0.25, 0.3) is 21.9 Å². The first-order chi connectivity index (χ1) is 14.6. The molecule has 0 radical (unpaired) electrons. The number of carbonyl (C=O) groups excluding carboxylic acids is 1. The number of carbonyl (C=O) groups is 1. The number of hydrogen-bond acceptors (Lipinski definition) is 3. The van der Waals surface area contributed by atoms with E-state index in [-0.39, 0.29) is 6.54 Å². The Kier molecular flexibility index (Phi) is 6.80. The van der Waals surface area contributed by atoms with Gasteiger partial charge in [-0.2, -0.15) is 0 Å². The van der Waals surface area contributed by atoms with Gasteiger partial charge in [-0.25, -0.2) is 13.8 Å². The molecule has 1 heterocycles. The average Bonchev–Trinajstić information content (AvgIpc) is 2.72. The van der Waals surface area contributed by atoms with Crippen LogP contribution in [0.3, 0.4) is 0 Å². The lowest BCUT2D eigenvalue weighted by molar-refractivity contribution is -0.142. The minimum absolute atomic E-state index is 0.170. The number of fused-ring (bicyclic) bond motifs is 1. The Hall–Kier alpha value is -2.73. The quantitative estimate of drug-likeness (QED) is 0.410. The van der Waals surface area contributed by atoms with Crippen LogP contribution in [0.1, 0.15) is 26.3 Å². The maximum atomic E-state index is 13.4. The smallest absolute Gasteiger partial charge is 0.263 e. The monoisotopic (exact) mass is 446 g/mol. The molecule has 0 bridgehead atoms. The summed E-state index contributed by atoms with van der Waals surface area (Å²) >= 11 is 6.35. The molecule has 3 aromatic rings. The number of aromatic nitrogens is 1. The largest absolute Gasteiger partial charge is 0.481 e. The maximum absolute atomic E-state index is 13.4. The van der Waals surface area contributed by atoms with Gasteiger partial charge in [-0.1, -0.05) is 35.9 Å². The summed E-state index contributed by atoms with van der Waals surface area (Å²) in [4.78, 5) is 18.0. The predicted octanol–water partition coefficient (Wildman–Crippen LogP) is 6.13. The van der Waals surface area contributed by atoms with E-state index in [1.165, 1.54) is 0 Å². The van der Waals surface area contributed by atoms with E-state index in [4.69, 9.17) is 16.3 Å². The Morgan fingerprint density at radius 2 is 1.90 bits per heavy atom. The summed E-state index contributed by atoms with van der Waals surface area (Å²) in [5, 5.41) is 1.91. The molecule has 7 heteroatoms. The molecule has 1 aromatic heterocycles. The highest BCUT2D eigenvalue weighted by Crippen LogP contribution is 2.35. The molecule has 1 unspecified atom stereocenters. The van der Waals surface area contributed by atoms with Gasteiger partial charge in [0.15, 0.2) is 6.10 Å². The topological polar surface area (TPSA) is 42.4 Å². The number of hydrogen-bond donors (Lipinski definition) is 0. The molecule has 0 fully saturated rings. The van der Waals surface area contributed by atoms with Crippen molar-refractivity contribution in [3.63, 3.8) is 0 Å². The lowest BCUT2D eigenvalue weighted by Gasteiger charge is -2.27. The molecule has 0 N–H and O–H groups in total. The Labute approximate surface area is 185 Å². The highest BCUT2D eigenvalue weighted by atomic mass is 35.5. The molecular weight excluding hydrogens is 422 g/mol. The highest BCUT2D eigenvalue weighted by molar-refractivity contribution is 6.34. The van der Waals surface area contributed by atoms with Gasteiger partial charge in [0.1, 0.15) is 10.9 Å². The number of ether oxygens (including phenoxy) is 1. The van der Waals surface area contributed by atoms with Crippen LogP contribution in [0, 0.1) is 6.92 Å². The molecular formula is C24H25ClF2N2O2. The van der Waals surface area contributed by atoms with Crippen LogP contribution < -0.4 is 4.74 Å². The standard InChI is InChI=1S/C24H25ClF2N2O2/c1-5-29(14-24(4,26)27)23(30)16(3)31-17-10-11-19-20(12-17)22(25)28-13-21(19)18-9-7-6-8-15(18)2/h6-13,16H,5,14H2,1-4H3. The van der Waals surface area contributed by atoms with Gasteiger partial charge in [-0.3, -0.25) is 4.79 Å². The molecule has 0 aliphatic heterocycles. The Morgan fingerprint density at radius 3 is 2.55 bits per heavy atom. The van der Waals surface area contributed by atoms with Crippen molar-refractivity contribution in [3.8, 4) is 16.9 Å². The van der Waals surface area contributed by atoms with Gasteiger partial charge in [0.2, 0.25) is 0 Å². The van der Waals surface area contributed by atoms with Gasteiger partial charge in [0, 0.05) is 30.6 Å². The normalized spacial score (nSPS) is 12.6. The number of benzene rings is 2. The van der Waals surface area contributed by atoms with E-state index >= 15 is 0 Å². The van der Waals surface area contributed by atoms with Crippen molar-refractivity contribution in [2.75, 3.05) is 13.1 Å². The second kappa shape index (κ2) is 9.18. The van der Waals surface area contributed by atoms with Gasteiger partial charge >= 0.3 is 0 Å². The maximum Gasteiger partial charge on any atom is 0.263 e. The van der Waals surface area contributed by atoms with Crippen LogP contribution in [-0.2, 0) is 4.79 Å². The average molecular weight is 447 g/mol. The van der Waals surface area contributed by atoms with E-state index in [0.717, 1.165) is 33.9 Å².